The molecule has 1 rings (SSSR count). The molecular formula is C12H16Cl2ORu. The molecule has 1 nitrogen and oxygen atoms in total. The zero-order valence-corrected chi connectivity index (χ0v) is 12.9. The Bertz CT molecular complexity index is 385. The fraction of sp³-hybridized carbons (Fsp3) is 0.417. The van der Waals surface area contributed by atoms with Crippen LogP contribution in [0.15, 0.2) is 18.2 Å². The van der Waals surface area contributed by atoms with Crippen molar-refractivity contribution in [3.63, 3.8) is 0 Å². The van der Waals surface area contributed by atoms with Gasteiger partial charge < -0.3 is 0 Å². The van der Waals surface area contributed by atoms with E-state index in [4.69, 9.17) is 24.1 Å². The molecule has 0 bridgehead atoms. The summed E-state index contributed by atoms with van der Waals surface area (Å²) in [5.41, 5.74) is 2.29. The van der Waals surface area contributed by atoms with Crippen molar-refractivity contribution in [1.29, 1.82) is 0 Å². The van der Waals surface area contributed by atoms with Gasteiger partial charge in [-0.15, -0.1) is 0 Å². The van der Waals surface area contributed by atoms with Crippen LogP contribution in [0.3, 0.4) is 0 Å². The van der Waals surface area contributed by atoms with Gasteiger partial charge in [-0.1, -0.05) is 0 Å². The van der Waals surface area contributed by atoms with Crippen LogP contribution in [0.5, 0.6) is 5.75 Å². The van der Waals surface area contributed by atoms with Crippen molar-refractivity contribution in [2.45, 2.75) is 33.3 Å². The summed E-state index contributed by atoms with van der Waals surface area (Å²) in [4.78, 5) is 0. The van der Waals surface area contributed by atoms with E-state index in [2.05, 4.69) is 19.1 Å². The second-order valence-corrected chi connectivity index (χ2v) is 9.42. The molecule has 0 heterocycles. The molecule has 0 aromatic heterocycles. The number of aryl methyl sites for hydroxylation is 1. The van der Waals surface area contributed by atoms with Gasteiger partial charge in [-0.25, -0.2) is 0 Å². The summed E-state index contributed by atoms with van der Waals surface area (Å²) in [5, 5.41) is 0. The minimum absolute atomic E-state index is 0.158. The van der Waals surface area contributed by atoms with Gasteiger partial charge in [0.2, 0.25) is 0 Å². The Labute approximate surface area is 110 Å². The van der Waals surface area contributed by atoms with Crippen molar-refractivity contribution < 1.29 is 18.3 Å². The average molecular weight is 348 g/mol. The topological polar surface area (TPSA) is 9.23 Å². The monoisotopic (exact) mass is 348 g/mol. The molecule has 0 aliphatic rings. The zero-order chi connectivity index (χ0) is 12.1. The van der Waals surface area contributed by atoms with Gasteiger partial charge in [-0.3, -0.25) is 0 Å². The maximum atomic E-state index is 5.91. The van der Waals surface area contributed by atoms with Gasteiger partial charge in [0.15, 0.2) is 0 Å². The summed E-state index contributed by atoms with van der Waals surface area (Å²) >= 11 is -1.80. The van der Waals surface area contributed by atoms with E-state index in [1.54, 1.807) is 0 Å². The van der Waals surface area contributed by atoms with Gasteiger partial charge in [-0.2, -0.15) is 0 Å². The molecule has 0 radical (unpaired) electrons. The van der Waals surface area contributed by atoms with Crippen LogP contribution in [0.2, 0.25) is 0 Å². The van der Waals surface area contributed by atoms with Crippen LogP contribution in [0.1, 0.15) is 31.9 Å². The van der Waals surface area contributed by atoms with Crippen molar-refractivity contribution in [2.24, 2.45) is 0 Å². The Balaban J connectivity index is 3.11. The molecule has 0 amide bonds. The van der Waals surface area contributed by atoms with Gasteiger partial charge in [-0.05, 0) is 0 Å². The number of ether oxygens (including phenoxy) is 1. The fourth-order valence-corrected chi connectivity index (χ4v) is 3.13. The molecule has 0 N–H and O–H groups in total. The van der Waals surface area contributed by atoms with Crippen LogP contribution in [0.25, 0.3) is 0 Å². The van der Waals surface area contributed by atoms with E-state index in [1.165, 1.54) is 5.56 Å². The van der Waals surface area contributed by atoms with E-state index < -0.39 is 13.5 Å². The minimum atomic E-state index is -1.80. The van der Waals surface area contributed by atoms with Crippen molar-refractivity contribution in [2.75, 3.05) is 0 Å². The molecule has 4 heteroatoms. The normalized spacial score (nSPS) is 11.5. The summed E-state index contributed by atoms with van der Waals surface area (Å²) in [6.07, 6.45) is 1.16. The number of benzene rings is 1. The summed E-state index contributed by atoms with van der Waals surface area (Å²) in [6.45, 7) is 6.14. The standard InChI is InChI=1S/C12H16O.2ClH.Ru/c1-5-11-6-7-12(10(4)8-11)13-9(2)3;;;/h4,6-9H,5H2,1-3H3;2*1H;/q;;;+2/p-2. The van der Waals surface area contributed by atoms with Crippen molar-refractivity contribution in [1.82, 2.24) is 0 Å². The van der Waals surface area contributed by atoms with Gasteiger partial charge in [0.05, 0.1) is 0 Å². The van der Waals surface area contributed by atoms with E-state index in [0.717, 1.165) is 17.7 Å². The molecule has 0 saturated carbocycles. The Kier molecular flexibility index (Phi) is 5.96. The predicted molar refractivity (Wildman–Crippen MR) is 68.5 cm³/mol. The Morgan fingerprint density at radius 3 is 2.56 bits per heavy atom. The van der Waals surface area contributed by atoms with Crippen LogP contribution in [-0.2, 0) is 19.9 Å². The Morgan fingerprint density at radius 1 is 1.38 bits per heavy atom. The predicted octanol–water partition coefficient (Wildman–Crippen LogP) is 4.11. The number of hydrogen-bond donors (Lipinski definition) is 0. The summed E-state index contributed by atoms with van der Waals surface area (Å²) in [5.74, 6) is 0.868. The molecule has 0 saturated heterocycles. The Morgan fingerprint density at radius 2 is 2.06 bits per heavy atom. The molecule has 0 spiro atoms. The second-order valence-electron chi connectivity index (χ2n) is 3.70. The first-order valence-electron chi connectivity index (χ1n) is 5.15. The van der Waals surface area contributed by atoms with Crippen LogP contribution in [0.4, 0.5) is 0 Å². The third-order valence-electron chi connectivity index (χ3n) is 2.03. The SMILES string of the molecule is CCc1ccc(OC(C)C)c([CH]=[Ru]([Cl])[Cl])c1. The second kappa shape index (κ2) is 6.74. The van der Waals surface area contributed by atoms with E-state index in [0.29, 0.717) is 0 Å². The molecule has 0 fully saturated rings. The maximum absolute atomic E-state index is 5.91. The molecular weight excluding hydrogens is 332 g/mol. The molecule has 1 aromatic rings. The first kappa shape index (κ1) is 14.2. The molecule has 1 aromatic carbocycles. The number of halogens is 2. The average Bonchev–Trinajstić information content (AvgIpc) is 2.19. The third-order valence-corrected chi connectivity index (χ3v) is 3.86. The Hall–Kier alpha value is 0.0934. The summed E-state index contributed by atoms with van der Waals surface area (Å²) in [6, 6.07) is 6.17. The van der Waals surface area contributed by atoms with E-state index in [1.807, 2.05) is 24.5 Å². The van der Waals surface area contributed by atoms with E-state index >= 15 is 0 Å². The molecule has 92 valence electrons. The van der Waals surface area contributed by atoms with Crippen LogP contribution < -0.4 is 4.74 Å². The van der Waals surface area contributed by atoms with Gasteiger partial charge in [0.1, 0.15) is 0 Å². The molecule has 0 atom stereocenters. The van der Waals surface area contributed by atoms with Gasteiger partial charge in [0, 0.05) is 0 Å². The third kappa shape index (κ3) is 4.53. The van der Waals surface area contributed by atoms with Gasteiger partial charge >= 0.3 is 111 Å². The quantitative estimate of drug-likeness (QED) is 0.744. The van der Waals surface area contributed by atoms with E-state index in [-0.39, 0.29) is 6.10 Å². The molecule has 0 aliphatic carbocycles. The van der Waals surface area contributed by atoms with Crippen LogP contribution in [0, 0.1) is 0 Å². The van der Waals surface area contributed by atoms with Crippen molar-refractivity contribution in [3.8, 4) is 5.75 Å². The van der Waals surface area contributed by atoms with E-state index in [9.17, 15) is 0 Å². The summed E-state index contributed by atoms with van der Waals surface area (Å²) < 4.78 is 7.66. The molecule has 0 aliphatic heterocycles. The van der Waals surface area contributed by atoms with Crippen molar-refractivity contribution >= 4 is 24.0 Å². The number of rotatable bonds is 4. The van der Waals surface area contributed by atoms with Crippen LogP contribution >= 0.6 is 19.4 Å². The molecule has 16 heavy (non-hydrogen) atoms. The summed E-state index contributed by atoms with van der Waals surface area (Å²) in [7, 11) is 11.8. The zero-order valence-electron chi connectivity index (χ0n) is 9.61. The first-order valence-corrected chi connectivity index (χ1v) is 10.6. The van der Waals surface area contributed by atoms with Crippen molar-refractivity contribution in [3.05, 3.63) is 29.3 Å². The molecule has 0 unspecified atom stereocenters. The van der Waals surface area contributed by atoms with Gasteiger partial charge in [0.25, 0.3) is 0 Å². The number of hydrogen-bond acceptors (Lipinski definition) is 1. The fourth-order valence-electron chi connectivity index (χ4n) is 1.34. The first-order chi connectivity index (χ1) is 7.52. The van der Waals surface area contributed by atoms with Crippen LogP contribution in [-0.4, -0.2) is 10.7 Å².